The highest BCUT2D eigenvalue weighted by Crippen LogP contribution is 2.31. The van der Waals surface area contributed by atoms with Crippen molar-refractivity contribution in [3.05, 3.63) is 53.2 Å². The van der Waals surface area contributed by atoms with Gasteiger partial charge in [-0.05, 0) is 38.5 Å². The first-order valence-corrected chi connectivity index (χ1v) is 8.03. The molecule has 0 saturated carbocycles. The SMILES string of the molecule is CC(C)O.Cc1cc(NCc2ccc(C(F)(F)F)c(F)c2)n2ncnc2n1. The fourth-order valence-corrected chi connectivity index (χ4v) is 2.15. The molecule has 0 saturated heterocycles. The highest BCUT2D eigenvalue weighted by Gasteiger charge is 2.33. The van der Waals surface area contributed by atoms with Gasteiger partial charge >= 0.3 is 6.18 Å². The van der Waals surface area contributed by atoms with E-state index in [4.69, 9.17) is 5.11 Å². The van der Waals surface area contributed by atoms with Gasteiger partial charge in [0.25, 0.3) is 5.78 Å². The van der Waals surface area contributed by atoms with Crippen molar-refractivity contribution in [2.45, 2.75) is 39.6 Å². The minimum Gasteiger partial charge on any atom is -0.394 e. The van der Waals surface area contributed by atoms with E-state index in [0.717, 1.165) is 12.1 Å². The molecule has 0 aliphatic heterocycles. The molecular weight excluding hydrogens is 366 g/mol. The summed E-state index contributed by atoms with van der Waals surface area (Å²) >= 11 is 0. The number of halogens is 4. The lowest BCUT2D eigenvalue weighted by molar-refractivity contribution is -0.140. The van der Waals surface area contributed by atoms with E-state index in [9.17, 15) is 17.6 Å². The standard InChI is InChI=1S/C14H11F4N5.C3H8O/c1-8-4-12(23-13(22-8)20-7-21-23)19-6-9-2-3-10(11(15)5-9)14(16,17)18;1-3(2)4/h2-5,7,19H,6H2,1H3;3-4H,1-2H3. The number of aryl methyl sites for hydroxylation is 1. The Balaban J connectivity index is 0.000000596. The van der Waals surface area contributed by atoms with Gasteiger partial charge in [-0.1, -0.05) is 6.07 Å². The van der Waals surface area contributed by atoms with E-state index in [-0.39, 0.29) is 12.6 Å². The number of anilines is 1. The van der Waals surface area contributed by atoms with Crippen LogP contribution in [0, 0.1) is 12.7 Å². The molecule has 10 heteroatoms. The predicted molar refractivity (Wildman–Crippen MR) is 91.6 cm³/mol. The minimum absolute atomic E-state index is 0.132. The van der Waals surface area contributed by atoms with Crippen LogP contribution in [0.4, 0.5) is 23.4 Å². The number of nitrogens with zero attached hydrogens (tertiary/aromatic N) is 4. The zero-order valence-electron chi connectivity index (χ0n) is 14.9. The quantitative estimate of drug-likeness (QED) is 0.674. The molecule has 0 radical (unpaired) electrons. The summed E-state index contributed by atoms with van der Waals surface area (Å²) < 4.78 is 52.6. The zero-order chi connectivity index (χ0) is 20.2. The van der Waals surface area contributed by atoms with Crippen molar-refractivity contribution in [1.29, 1.82) is 0 Å². The number of nitrogens with one attached hydrogen (secondary N) is 1. The fourth-order valence-electron chi connectivity index (χ4n) is 2.15. The summed E-state index contributed by atoms with van der Waals surface area (Å²) in [4.78, 5) is 8.13. The Kier molecular flexibility index (Phi) is 6.32. The molecule has 0 unspecified atom stereocenters. The Morgan fingerprint density at radius 2 is 1.89 bits per heavy atom. The number of benzene rings is 1. The Bertz CT molecular complexity index is 905. The molecule has 2 heterocycles. The van der Waals surface area contributed by atoms with Gasteiger partial charge in [-0.3, -0.25) is 0 Å². The third kappa shape index (κ3) is 5.61. The van der Waals surface area contributed by atoms with Crippen molar-refractivity contribution >= 4 is 11.6 Å². The molecule has 0 fully saturated rings. The topological polar surface area (TPSA) is 75.3 Å². The number of hydrogen-bond donors (Lipinski definition) is 2. The summed E-state index contributed by atoms with van der Waals surface area (Å²) in [6, 6.07) is 4.53. The maximum atomic E-state index is 13.6. The van der Waals surface area contributed by atoms with Gasteiger partial charge in [-0.15, -0.1) is 0 Å². The van der Waals surface area contributed by atoms with E-state index >= 15 is 0 Å². The van der Waals surface area contributed by atoms with Crippen molar-refractivity contribution in [1.82, 2.24) is 19.6 Å². The van der Waals surface area contributed by atoms with E-state index in [1.165, 1.54) is 16.9 Å². The van der Waals surface area contributed by atoms with E-state index in [1.807, 2.05) is 0 Å². The number of hydrogen-bond acceptors (Lipinski definition) is 5. The molecule has 0 amide bonds. The molecule has 1 aromatic carbocycles. The zero-order valence-corrected chi connectivity index (χ0v) is 14.9. The van der Waals surface area contributed by atoms with Gasteiger partial charge in [-0.25, -0.2) is 9.37 Å². The van der Waals surface area contributed by atoms with Crippen molar-refractivity contribution in [3.63, 3.8) is 0 Å². The molecule has 0 spiro atoms. The fraction of sp³-hybridized carbons (Fsp3) is 0.353. The molecule has 0 aliphatic rings. The molecule has 3 aromatic rings. The lowest BCUT2D eigenvalue weighted by atomic mass is 10.1. The summed E-state index contributed by atoms with van der Waals surface area (Å²) in [6.45, 7) is 5.35. The maximum absolute atomic E-state index is 13.6. The predicted octanol–water partition coefficient (Wildman–Crippen LogP) is 3.59. The first-order chi connectivity index (χ1) is 12.6. The van der Waals surface area contributed by atoms with Gasteiger partial charge in [0.15, 0.2) is 0 Å². The third-order valence-corrected chi connectivity index (χ3v) is 3.19. The summed E-state index contributed by atoms with van der Waals surface area (Å²) in [7, 11) is 0. The van der Waals surface area contributed by atoms with Crippen LogP contribution in [0.3, 0.4) is 0 Å². The van der Waals surface area contributed by atoms with Gasteiger partial charge < -0.3 is 10.4 Å². The second-order valence-corrected chi connectivity index (χ2v) is 6.01. The highest BCUT2D eigenvalue weighted by atomic mass is 19.4. The van der Waals surface area contributed by atoms with E-state index in [2.05, 4.69) is 20.4 Å². The van der Waals surface area contributed by atoms with E-state index < -0.39 is 17.6 Å². The second kappa shape index (κ2) is 8.30. The van der Waals surface area contributed by atoms with Crippen molar-refractivity contribution < 1.29 is 22.7 Å². The Morgan fingerprint density at radius 1 is 1.22 bits per heavy atom. The maximum Gasteiger partial charge on any atom is 0.419 e. The molecule has 0 atom stereocenters. The van der Waals surface area contributed by atoms with Crippen LogP contribution in [0.2, 0.25) is 0 Å². The van der Waals surface area contributed by atoms with E-state index in [0.29, 0.717) is 22.9 Å². The van der Waals surface area contributed by atoms with Gasteiger partial charge in [0, 0.05) is 24.4 Å². The lowest BCUT2D eigenvalue weighted by Crippen LogP contribution is -2.10. The van der Waals surface area contributed by atoms with Gasteiger partial charge in [0.05, 0.1) is 5.56 Å². The molecule has 0 bridgehead atoms. The van der Waals surface area contributed by atoms with Crippen LogP contribution in [0.5, 0.6) is 0 Å². The number of aliphatic hydroxyl groups excluding tert-OH is 1. The van der Waals surface area contributed by atoms with Crippen molar-refractivity contribution in [3.8, 4) is 0 Å². The summed E-state index contributed by atoms with van der Waals surface area (Å²) in [5.74, 6) is -0.343. The molecule has 2 N–H and O–H groups in total. The Labute approximate surface area is 152 Å². The number of rotatable bonds is 3. The third-order valence-electron chi connectivity index (χ3n) is 3.19. The lowest BCUT2D eigenvalue weighted by Gasteiger charge is -2.11. The molecule has 6 nitrogen and oxygen atoms in total. The van der Waals surface area contributed by atoms with Crippen molar-refractivity contribution in [2.24, 2.45) is 0 Å². The first kappa shape index (κ1) is 20.6. The van der Waals surface area contributed by atoms with Crippen LogP contribution in [0.25, 0.3) is 5.78 Å². The largest absolute Gasteiger partial charge is 0.419 e. The van der Waals surface area contributed by atoms with Gasteiger partial charge in [0.1, 0.15) is 18.0 Å². The molecule has 146 valence electrons. The molecule has 0 aliphatic carbocycles. The average Bonchev–Trinajstić information content (AvgIpc) is 2.99. The van der Waals surface area contributed by atoms with Crippen LogP contribution < -0.4 is 5.32 Å². The van der Waals surface area contributed by atoms with Crippen LogP contribution in [0.1, 0.15) is 30.7 Å². The number of fused-ring (bicyclic) bond motifs is 1. The van der Waals surface area contributed by atoms with Crippen LogP contribution >= 0.6 is 0 Å². The molecule has 2 aromatic heterocycles. The van der Waals surface area contributed by atoms with Crippen LogP contribution in [-0.4, -0.2) is 30.8 Å². The normalized spacial score (nSPS) is 11.4. The Hall–Kier alpha value is -2.75. The van der Waals surface area contributed by atoms with Crippen molar-refractivity contribution in [2.75, 3.05) is 5.32 Å². The molecular formula is C17H19F4N5O. The number of aliphatic hydroxyl groups is 1. The Morgan fingerprint density at radius 3 is 2.48 bits per heavy atom. The number of alkyl halides is 3. The highest BCUT2D eigenvalue weighted by molar-refractivity contribution is 5.45. The molecule has 27 heavy (non-hydrogen) atoms. The minimum atomic E-state index is -4.70. The summed E-state index contributed by atoms with van der Waals surface area (Å²) in [5.41, 5.74) is -0.204. The average molecular weight is 385 g/mol. The molecule has 3 rings (SSSR count). The monoisotopic (exact) mass is 385 g/mol. The van der Waals surface area contributed by atoms with Crippen LogP contribution in [-0.2, 0) is 12.7 Å². The first-order valence-electron chi connectivity index (χ1n) is 8.03. The summed E-state index contributed by atoms with van der Waals surface area (Å²) in [6.07, 6.45) is -3.53. The number of aromatic nitrogens is 4. The summed E-state index contributed by atoms with van der Waals surface area (Å²) in [5, 5.41) is 15.0. The van der Waals surface area contributed by atoms with Gasteiger partial charge in [0.2, 0.25) is 0 Å². The van der Waals surface area contributed by atoms with Gasteiger partial charge in [-0.2, -0.15) is 27.8 Å². The van der Waals surface area contributed by atoms with E-state index in [1.54, 1.807) is 26.8 Å². The second-order valence-electron chi connectivity index (χ2n) is 6.01. The smallest absolute Gasteiger partial charge is 0.394 e. The van der Waals surface area contributed by atoms with Crippen LogP contribution in [0.15, 0.2) is 30.6 Å².